The van der Waals surface area contributed by atoms with E-state index in [-0.39, 0.29) is 11.8 Å². The number of hydrogen-bond donors (Lipinski definition) is 3. The zero-order chi connectivity index (χ0) is 13.3. The van der Waals surface area contributed by atoms with Gasteiger partial charge in [-0.2, -0.15) is 0 Å². The highest BCUT2D eigenvalue weighted by molar-refractivity contribution is 6.32. The first kappa shape index (κ1) is 13.2. The molecular weight excluding hydrogens is 254 g/mol. The van der Waals surface area contributed by atoms with Gasteiger partial charge in [-0.05, 0) is 25.8 Å². The summed E-state index contributed by atoms with van der Waals surface area (Å²) in [7, 11) is 0. The highest BCUT2D eigenvalue weighted by Crippen LogP contribution is 2.41. The Bertz CT molecular complexity index is 469. The van der Waals surface area contributed by atoms with Gasteiger partial charge in [0.2, 0.25) is 0 Å². The van der Waals surface area contributed by atoms with E-state index >= 15 is 0 Å². The van der Waals surface area contributed by atoms with E-state index in [1.165, 1.54) is 0 Å². The number of hydrogen-bond acceptors (Lipinski definition) is 3. The van der Waals surface area contributed by atoms with E-state index in [0.717, 1.165) is 5.56 Å². The van der Waals surface area contributed by atoms with E-state index < -0.39 is 11.4 Å². The van der Waals surface area contributed by atoms with Crippen molar-refractivity contribution in [2.45, 2.75) is 32.4 Å². The molecule has 0 bridgehead atoms. The summed E-state index contributed by atoms with van der Waals surface area (Å²) in [5.74, 6) is -0.655. The van der Waals surface area contributed by atoms with Crippen LogP contribution in [0.15, 0.2) is 18.2 Å². The molecule has 0 aromatic heterocycles. The van der Waals surface area contributed by atoms with Gasteiger partial charge in [0, 0.05) is 18.2 Å². The molecule has 98 valence electrons. The van der Waals surface area contributed by atoms with Crippen LogP contribution in [0.1, 0.15) is 25.3 Å². The number of aliphatic carboxylic acids is 1. The van der Waals surface area contributed by atoms with Crippen LogP contribution in [-0.2, 0) is 11.3 Å². The Kier molecular flexibility index (Phi) is 3.50. The van der Waals surface area contributed by atoms with Gasteiger partial charge < -0.3 is 15.5 Å². The number of phenols is 1. The molecule has 0 amide bonds. The molecule has 5 heteroatoms. The van der Waals surface area contributed by atoms with Crippen molar-refractivity contribution in [3.8, 4) is 5.75 Å². The second kappa shape index (κ2) is 4.78. The maximum Gasteiger partial charge on any atom is 0.309 e. The molecule has 1 aromatic carbocycles. The number of rotatable bonds is 4. The molecular formula is C13H16ClNO3. The van der Waals surface area contributed by atoms with Gasteiger partial charge in [0.05, 0.1) is 10.4 Å². The summed E-state index contributed by atoms with van der Waals surface area (Å²) < 4.78 is 0. The number of carboxylic acid groups (broad SMARTS) is 1. The van der Waals surface area contributed by atoms with Crippen molar-refractivity contribution in [2.75, 3.05) is 0 Å². The number of nitrogens with one attached hydrogen (secondary N) is 1. The standard InChI is InChI=1S/C13H16ClNO3/c1-13(12(17)18)5-9(6-13)15-7-8-3-2-4-10(14)11(8)16/h2-4,9,15-16H,5-7H2,1H3,(H,17,18). The lowest BCUT2D eigenvalue weighted by molar-refractivity contribution is -0.154. The van der Waals surface area contributed by atoms with Gasteiger partial charge in [-0.25, -0.2) is 0 Å². The smallest absolute Gasteiger partial charge is 0.309 e. The van der Waals surface area contributed by atoms with Crippen molar-refractivity contribution in [3.05, 3.63) is 28.8 Å². The summed E-state index contributed by atoms with van der Waals surface area (Å²) in [6, 6.07) is 5.39. The van der Waals surface area contributed by atoms with Gasteiger partial charge in [0.25, 0.3) is 0 Å². The zero-order valence-corrected chi connectivity index (χ0v) is 10.9. The summed E-state index contributed by atoms with van der Waals surface area (Å²) in [4.78, 5) is 10.9. The second-order valence-corrected chi connectivity index (χ2v) is 5.51. The van der Waals surface area contributed by atoms with Crippen LogP contribution >= 0.6 is 11.6 Å². The van der Waals surface area contributed by atoms with E-state index in [1.807, 2.05) is 0 Å². The third kappa shape index (κ3) is 2.44. The quantitative estimate of drug-likeness (QED) is 0.785. The Labute approximate surface area is 111 Å². The van der Waals surface area contributed by atoms with Crippen molar-refractivity contribution in [1.82, 2.24) is 5.32 Å². The molecule has 1 fully saturated rings. The Balaban J connectivity index is 1.88. The van der Waals surface area contributed by atoms with E-state index in [9.17, 15) is 9.90 Å². The topological polar surface area (TPSA) is 69.6 Å². The highest BCUT2D eigenvalue weighted by atomic mass is 35.5. The molecule has 0 heterocycles. The largest absolute Gasteiger partial charge is 0.506 e. The van der Waals surface area contributed by atoms with Crippen LogP contribution in [0.25, 0.3) is 0 Å². The molecule has 0 saturated heterocycles. The summed E-state index contributed by atoms with van der Waals surface area (Å²) in [6.45, 7) is 2.25. The molecule has 0 spiro atoms. The summed E-state index contributed by atoms with van der Waals surface area (Å²) in [5, 5.41) is 22.3. The summed E-state index contributed by atoms with van der Waals surface area (Å²) in [5.41, 5.74) is 0.125. The predicted molar refractivity (Wildman–Crippen MR) is 68.7 cm³/mol. The SMILES string of the molecule is CC1(C(=O)O)CC(NCc2cccc(Cl)c2O)C1. The van der Waals surface area contributed by atoms with Crippen molar-refractivity contribution in [2.24, 2.45) is 5.41 Å². The van der Waals surface area contributed by atoms with Gasteiger partial charge >= 0.3 is 5.97 Å². The number of carboxylic acids is 1. The molecule has 4 nitrogen and oxygen atoms in total. The average molecular weight is 270 g/mol. The fourth-order valence-electron chi connectivity index (χ4n) is 2.30. The number of benzene rings is 1. The summed E-state index contributed by atoms with van der Waals surface area (Å²) in [6.07, 6.45) is 1.23. The van der Waals surface area contributed by atoms with E-state index in [0.29, 0.717) is 24.4 Å². The lowest BCUT2D eigenvalue weighted by Crippen LogP contribution is -2.51. The van der Waals surface area contributed by atoms with Crippen LogP contribution in [-0.4, -0.2) is 22.2 Å². The minimum atomic E-state index is -0.744. The monoisotopic (exact) mass is 269 g/mol. The molecule has 0 aliphatic heterocycles. The molecule has 0 atom stereocenters. The molecule has 1 aromatic rings. The third-order valence-electron chi connectivity index (χ3n) is 3.56. The molecule has 2 rings (SSSR count). The number of halogens is 1. The van der Waals surface area contributed by atoms with Crippen LogP contribution < -0.4 is 5.32 Å². The van der Waals surface area contributed by atoms with Crippen LogP contribution in [0.2, 0.25) is 5.02 Å². The van der Waals surface area contributed by atoms with E-state index in [1.54, 1.807) is 25.1 Å². The predicted octanol–water partition coefficient (Wildman–Crippen LogP) is 2.39. The molecule has 1 aliphatic rings. The molecule has 18 heavy (non-hydrogen) atoms. The zero-order valence-electron chi connectivity index (χ0n) is 10.1. The second-order valence-electron chi connectivity index (χ2n) is 5.10. The Morgan fingerprint density at radius 2 is 2.22 bits per heavy atom. The van der Waals surface area contributed by atoms with Crippen LogP contribution in [0.4, 0.5) is 0 Å². The number of aromatic hydroxyl groups is 1. The minimum absolute atomic E-state index is 0.0898. The van der Waals surface area contributed by atoms with Crippen molar-refractivity contribution < 1.29 is 15.0 Å². The Hall–Kier alpha value is -1.26. The Morgan fingerprint density at radius 3 is 2.83 bits per heavy atom. The first-order valence-electron chi connectivity index (χ1n) is 5.85. The Morgan fingerprint density at radius 1 is 1.56 bits per heavy atom. The highest BCUT2D eigenvalue weighted by Gasteiger charge is 2.46. The van der Waals surface area contributed by atoms with Gasteiger partial charge in [0.1, 0.15) is 5.75 Å². The molecule has 0 radical (unpaired) electrons. The molecule has 0 unspecified atom stereocenters. The fraction of sp³-hybridized carbons (Fsp3) is 0.462. The van der Waals surface area contributed by atoms with Gasteiger partial charge in [-0.3, -0.25) is 4.79 Å². The van der Waals surface area contributed by atoms with Crippen LogP contribution in [0, 0.1) is 5.41 Å². The van der Waals surface area contributed by atoms with Crippen LogP contribution in [0.3, 0.4) is 0 Å². The maximum atomic E-state index is 10.9. The lowest BCUT2D eigenvalue weighted by atomic mass is 9.67. The van der Waals surface area contributed by atoms with Gasteiger partial charge in [-0.15, -0.1) is 0 Å². The first-order valence-corrected chi connectivity index (χ1v) is 6.23. The van der Waals surface area contributed by atoms with E-state index in [2.05, 4.69) is 5.32 Å². The number of phenolic OH excluding ortho intramolecular Hbond substituents is 1. The average Bonchev–Trinajstić information content (AvgIpc) is 2.27. The minimum Gasteiger partial charge on any atom is -0.506 e. The van der Waals surface area contributed by atoms with Gasteiger partial charge in [-0.1, -0.05) is 23.7 Å². The van der Waals surface area contributed by atoms with Crippen molar-refractivity contribution >= 4 is 17.6 Å². The van der Waals surface area contributed by atoms with Crippen molar-refractivity contribution in [1.29, 1.82) is 0 Å². The normalized spacial score (nSPS) is 26.7. The maximum absolute atomic E-state index is 10.9. The molecule has 1 saturated carbocycles. The molecule has 3 N–H and O–H groups in total. The lowest BCUT2D eigenvalue weighted by Gasteiger charge is -2.42. The van der Waals surface area contributed by atoms with E-state index in [4.69, 9.17) is 16.7 Å². The number of carbonyl (C=O) groups is 1. The summed E-state index contributed by atoms with van der Waals surface area (Å²) >= 11 is 5.81. The first-order chi connectivity index (χ1) is 8.42. The number of para-hydroxylation sites is 1. The molecule has 1 aliphatic carbocycles. The van der Waals surface area contributed by atoms with Crippen LogP contribution in [0.5, 0.6) is 5.75 Å². The fourth-order valence-corrected chi connectivity index (χ4v) is 2.50. The van der Waals surface area contributed by atoms with Gasteiger partial charge in [0.15, 0.2) is 0 Å². The third-order valence-corrected chi connectivity index (χ3v) is 3.87. The van der Waals surface area contributed by atoms with Crippen molar-refractivity contribution in [3.63, 3.8) is 0 Å².